The second kappa shape index (κ2) is 6.72. The third kappa shape index (κ3) is 2.86. The molecule has 0 radical (unpaired) electrons. The van der Waals surface area contributed by atoms with E-state index in [9.17, 15) is 9.59 Å². The zero-order valence-corrected chi connectivity index (χ0v) is 15.9. The van der Waals surface area contributed by atoms with Gasteiger partial charge in [0.2, 0.25) is 0 Å². The summed E-state index contributed by atoms with van der Waals surface area (Å²) in [5.74, 6) is 0.0972. The van der Waals surface area contributed by atoms with Crippen molar-refractivity contribution in [3.8, 4) is 0 Å². The number of carbonyl (C=O) groups excluding carboxylic acids is 2. The number of fused-ring (bicyclic) bond motifs is 1. The summed E-state index contributed by atoms with van der Waals surface area (Å²) < 4.78 is 1.98. The molecule has 1 aromatic carbocycles. The Morgan fingerprint density at radius 2 is 2.04 bits per heavy atom. The van der Waals surface area contributed by atoms with Crippen LogP contribution in [0.25, 0.3) is 10.9 Å². The van der Waals surface area contributed by atoms with Crippen molar-refractivity contribution >= 4 is 33.9 Å². The van der Waals surface area contributed by atoms with E-state index in [2.05, 4.69) is 13.0 Å². The van der Waals surface area contributed by atoms with Crippen molar-refractivity contribution in [1.29, 1.82) is 0 Å². The van der Waals surface area contributed by atoms with E-state index in [4.69, 9.17) is 0 Å². The van der Waals surface area contributed by atoms with Crippen LogP contribution in [0.3, 0.4) is 0 Å². The highest BCUT2D eigenvalue weighted by molar-refractivity contribution is 7.12. The van der Waals surface area contributed by atoms with Gasteiger partial charge in [-0.3, -0.25) is 9.59 Å². The molecule has 1 aliphatic heterocycles. The fourth-order valence-electron chi connectivity index (χ4n) is 3.98. The van der Waals surface area contributed by atoms with Gasteiger partial charge in [0.05, 0.1) is 10.4 Å². The lowest BCUT2D eigenvalue weighted by molar-refractivity contribution is 0.0631. The molecule has 0 bridgehead atoms. The van der Waals surface area contributed by atoms with Crippen LogP contribution in [-0.2, 0) is 7.05 Å². The van der Waals surface area contributed by atoms with Crippen LogP contribution < -0.4 is 0 Å². The van der Waals surface area contributed by atoms with Crippen LogP contribution in [0, 0.1) is 12.8 Å². The molecule has 5 heteroatoms. The number of likely N-dealkylation sites (tertiary alicyclic amines) is 1. The number of benzene rings is 1. The second-order valence-electron chi connectivity index (χ2n) is 7.03. The van der Waals surface area contributed by atoms with Gasteiger partial charge < -0.3 is 9.47 Å². The number of para-hydroxylation sites is 1. The van der Waals surface area contributed by atoms with Crippen LogP contribution in [0.5, 0.6) is 0 Å². The molecule has 2 aromatic heterocycles. The third-order valence-electron chi connectivity index (χ3n) is 5.32. The van der Waals surface area contributed by atoms with Gasteiger partial charge in [-0.1, -0.05) is 24.3 Å². The molecule has 134 valence electrons. The highest BCUT2D eigenvalue weighted by Gasteiger charge is 2.31. The fourth-order valence-corrected chi connectivity index (χ4v) is 4.73. The molecule has 1 fully saturated rings. The second-order valence-corrected chi connectivity index (χ2v) is 7.98. The molecule has 4 nitrogen and oxygen atoms in total. The van der Waals surface area contributed by atoms with Gasteiger partial charge in [0, 0.05) is 31.4 Å². The molecule has 3 heterocycles. The summed E-state index contributed by atoms with van der Waals surface area (Å²) >= 11 is 1.48. The molecule has 0 spiro atoms. The van der Waals surface area contributed by atoms with Crippen molar-refractivity contribution in [3.63, 3.8) is 0 Å². The van der Waals surface area contributed by atoms with Crippen molar-refractivity contribution in [1.82, 2.24) is 9.47 Å². The minimum absolute atomic E-state index is 0.0202. The van der Waals surface area contributed by atoms with E-state index in [0.717, 1.165) is 34.2 Å². The van der Waals surface area contributed by atoms with Crippen molar-refractivity contribution in [2.45, 2.75) is 19.8 Å². The average Bonchev–Trinajstić information content (AvgIpc) is 3.30. The van der Waals surface area contributed by atoms with Crippen molar-refractivity contribution in [2.24, 2.45) is 13.0 Å². The normalized spacial score (nSPS) is 17.6. The molecule has 26 heavy (non-hydrogen) atoms. The van der Waals surface area contributed by atoms with Gasteiger partial charge in [-0.15, -0.1) is 11.3 Å². The Morgan fingerprint density at radius 1 is 1.19 bits per heavy atom. The van der Waals surface area contributed by atoms with Gasteiger partial charge in [0.15, 0.2) is 5.78 Å². The first-order valence-electron chi connectivity index (χ1n) is 8.98. The zero-order chi connectivity index (χ0) is 18.3. The van der Waals surface area contributed by atoms with E-state index in [0.29, 0.717) is 18.8 Å². The van der Waals surface area contributed by atoms with E-state index in [1.807, 2.05) is 52.2 Å². The van der Waals surface area contributed by atoms with Gasteiger partial charge >= 0.3 is 0 Å². The van der Waals surface area contributed by atoms with Crippen LogP contribution in [0.15, 0.2) is 41.8 Å². The van der Waals surface area contributed by atoms with Gasteiger partial charge in [-0.25, -0.2) is 0 Å². The number of hydrogen-bond acceptors (Lipinski definition) is 3. The van der Waals surface area contributed by atoms with E-state index in [1.54, 1.807) is 0 Å². The SMILES string of the molecule is Cc1cccc2cc(C(=O)N3CCC[C@H](C(=O)c4cccs4)C3)n(C)c12. The van der Waals surface area contributed by atoms with Gasteiger partial charge in [0.1, 0.15) is 5.69 Å². The number of piperidine rings is 1. The maximum Gasteiger partial charge on any atom is 0.270 e. The maximum absolute atomic E-state index is 13.2. The molecule has 3 aromatic rings. The summed E-state index contributed by atoms with van der Waals surface area (Å²) in [6, 6.07) is 11.9. The molecule has 0 saturated carbocycles. The average molecular weight is 366 g/mol. The van der Waals surface area contributed by atoms with Gasteiger partial charge in [0.25, 0.3) is 5.91 Å². The van der Waals surface area contributed by atoms with Crippen LogP contribution >= 0.6 is 11.3 Å². The topological polar surface area (TPSA) is 42.3 Å². The molecule has 1 atom stereocenters. The maximum atomic E-state index is 13.2. The van der Waals surface area contributed by atoms with Crippen LogP contribution in [-0.4, -0.2) is 34.2 Å². The van der Waals surface area contributed by atoms with Crippen LogP contribution in [0.1, 0.15) is 38.6 Å². The highest BCUT2D eigenvalue weighted by Crippen LogP contribution is 2.27. The Bertz CT molecular complexity index is 971. The Balaban J connectivity index is 1.59. The van der Waals surface area contributed by atoms with Crippen LogP contribution in [0.2, 0.25) is 0 Å². The quantitative estimate of drug-likeness (QED) is 0.649. The smallest absolute Gasteiger partial charge is 0.270 e. The predicted molar refractivity (Wildman–Crippen MR) is 105 cm³/mol. The minimum Gasteiger partial charge on any atom is -0.339 e. The molecular weight excluding hydrogens is 344 g/mol. The van der Waals surface area contributed by atoms with E-state index in [-0.39, 0.29) is 17.6 Å². The number of hydrogen-bond donors (Lipinski definition) is 0. The van der Waals surface area contributed by atoms with Gasteiger partial charge in [-0.05, 0) is 42.8 Å². The zero-order valence-electron chi connectivity index (χ0n) is 15.1. The highest BCUT2D eigenvalue weighted by atomic mass is 32.1. The van der Waals surface area contributed by atoms with Crippen LogP contribution in [0.4, 0.5) is 0 Å². The molecule has 0 unspecified atom stereocenters. The molecule has 0 aliphatic carbocycles. The number of aromatic nitrogens is 1. The number of amides is 1. The summed E-state index contributed by atoms with van der Waals surface area (Å²) in [5.41, 5.74) is 2.95. The minimum atomic E-state index is -0.0947. The molecule has 4 rings (SSSR count). The summed E-state index contributed by atoms with van der Waals surface area (Å²) in [4.78, 5) is 28.5. The molecule has 1 saturated heterocycles. The molecule has 0 N–H and O–H groups in total. The summed E-state index contributed by atoms with van der Waals surface area (Å²) in [5, 5.41) is 3.01. The number of Topliss-reactive ketones (excluding diaryl/α,β-unsaturated/α-hetero) is 1. The lowest BCUT2D eigenvalue weighted by atomic mass is 9.93. The van der Waals surface area contributed by atoms with E-state index in [1.165, 1.54) is 11.3 Å². The van der Waals surface area contributed by atoms with Crippen molar-refractivity contribution in [3.05, 3.63) is 57.9 Å². The Kier molecular flexibility index (Phi) is 4.41. The lowest BCUT2D eigenvalue weighted by Gasteiger charge is -2.32. The standard InChI is InChI=1S/C21H22N2O2S/c1-14-6-3-7-15-12-17(22(2)19(14)15)21(25)23-10-4-8-16(13-23)20(24)18-9-5-11-26-18/h3,5-7,9,11-12,16H,4,8,10,13H2,1-2H3/t16-/m0/s1. The number of carbonyl (C=O) groups is 2. The predicted octanol–water partition coefficient (Wildman–Crippen LogP) is 4.28. The van der Waals surface area contributed by atoms with E-state index < -0.39 is 0 Å². The summed E-state index contributed by atoms with van der Waals surface area (Å²) in [7, 11) is 1.95. The number of rotatable bonds is 3. The lowest BCUT2D eigenvalue weighted by Crippen LogP contribution is -2.42. The first kappa shape index (κ1) is 17.0. The fraction of sp³-hybridized carbons (Fsp3) is 0.333. The van der Waals surface area contributed by atoms with Crippen molar-refractivity contribution in [2.75, 3.05) is 13.1 Å². The van der Waals surface area contributed by atoms with Gasteiger partial charge in [-0.2, -0.15) is 0 Å². The third-order valence-corrected chi connectivity index (χ3v) is 6.20. The Labute approximate surface area is 157 Å². The number of nitrogens with zero attached hydrogens (tertiary/aromatic N) is 2. The molecule has 1 amide bonds. The first-order valence-corrected chi connectivity index (χ1v) is 9.86. The molecular formula is C21H22N2O2S. The summed E-state index contributed by atoms with van der Waals surface area (Å²) in [6.45, 7) is 3.29. The first-order chi connectivity index (χ1) is 12.6. The number of ketones is 1. The number of thiophene rings is 1. The Hall–Kier alpha value is -2.40. The Morgan fingerprint density at radius 3 is 2.77 bits per heavy atom. The van der Waals surface area contributed by atoms with Crippen molar-refractivity contribution < 1.29 is 9.59 Å². The monoisotopic (exact) mass is 366 g/mol. The molecule has 1 aliphatic rings. The van der Waals surface area contributed by atoms with E-state index >= 15 is 0 Å². The summed E-state index contributed by atoms with van der Waals surface area (Å²) in [6.07, 6.45) is 1.73. The number of aryl methyl sites for hydroxylation is 2. The largest absolute Gasteiger partial charge is 0.339 e.